The second kappa shape index (κ2) is 3.66. The summed E-state index contributed by atoms with van der Waals surface area (Å²) in [7, 11) is 1.73. The Morgan fingerprint density at radius 2 is 2.07 bits per heavy atom. The number of aliphatic hydroxyl groups is 1. The summed E-state index contributed by atoms with van der Waals surface area (Å²) in [5.41, 5.74) is -0.181. The van der Waals surface area contributed by atoms with Gasteiger partial charge in [-0.3, -0.25) is 4.79 Å². The van der Waals surface area contributed by atoms with Gasteiger partial charge < -0.3 is 10.0 Å². The summed E-state index contributed by atoms with van der Waals surface area (Å²) in [6.07, 6.45) is 0.939. The highest BCUT2D eigenvalue weighted by Gasteiger charge is 2.43. The van der Waals surface area contributed by atoms with Crippen LogP contribution in [0.1, 0.15) is 12.0 Å². The van der Waals surface area contributed by atoms with E-state index in [1.165, 1.54) is 0 Å². The van der Waals surface area contributed by atoms with Crippen LogP contribution in [-0.2, 0) is 11.2 Å². The number of likely N-dealkylation sites (tertiary alicyclic amines) is 1. The predicted octanol–water partition coefficient (Wildman–Crippen LogP) is 0.822. The minimum atomic E-state index is -1.18. The molecule has 0 radical (unpaired) electrons. The van der Waals surface area contributed by atoms with E-state index in [0.29, 0.717) is 19.4 Å². The van der Waals surface area contributed by atoms with Crippen molar-refractivity contribution < 1.29 is 9.90 Å². The van der Waals surface area contributed by atoms with E-state index in [1.54, 1.807) is 11.9 Å². The third kappa shape index (κ3) is 1.88. The second-order valence-corrected chi connectivity index (χ2v) is 4.17. The summed E-state index contributed by atoms with van der Waals surface area (Å²) in [4.78, 5) is 13.3. The summed E-state index contributed by atoms with van der Waals surface area (Å²) >= 11 is 0. The van der Waals surface area contributed by atoms with Gasteiger partial charge in [0.15, 0.2) is 0 Å². The fourth-order valence-corrected chi connectivity index (χ4v) is 2.01. The Hall–Kier alpha value is -1.35. The minimum Gasteiger partial charge on any atom is -0.380 e. The maximum Gasteiger partial charge on any atom is 0.254 e. The van der Waals surface area contributed by atoms with Gasteiger partial charge in [0, 0.05) is 26.4 Å². The van der Waals surface area contributed by atoms with Crippen LogP contribution < -0.4 is 0 Å². The lowest BCUT2D eigenvalue weighted by atomic mass is 9.93. The molecule has 0 aliphatic carbocycles. The van der Waals surface area contributed by atoms with Crippen molar-refractivity contribution >= 4 is 5.91 Å². The number of nitrogens with zero attached hydrogens (tertiary/aromatic N) is 1. The van der Waals surface area contributed by atoms with Crippen LogP contribution >= 0.6 is 0 Å². The molecule has 0 spiro atoms. The lowest BCUT2D eigenvalue weighted by molar-refractivity contribution is -0.142. The van der Waals surface area contributed by atoms with Gasteiger partial charge in [0.05, 0.1) is 0 Å². The largest absolute Gasteiger partial charge is 0.380 e. The van der Waals surface area contributed by atoms with Crippen molar-refractivity contribution in [3.05, 3.63) is 35.9 Å². The molecule has 1 aromatic carbocycles. The van der Waals surface area contributed by atoms with Crippen molar-refractivity contribution in [1.82, 2.24) is 4.90 Å². The highest BCUT2D eigenvalue weighted by molar-refractivity contribution is 5.87. The highest BCUT2D eigenvalue weighted by Crippen LogP contribution is 2.25. The fraction of sp³-hybridized carbons (Fsp3) is 0.417. The topological polar surface area (TPSA) is 40.5 Å². The number of carbonyl (C=O) groups is 1. The first-order chi connectivity index (χ1) is 7.12. The van der Waals surface area contributed by atoms with Crippen LogP contribution in [0.15, 0.2) is 30.3 Å². The van der Waals surface area contributed by atoms with Crippen molar-refractivity contribution in [3.63, 3.8) is 0 Å². The number of benzene rings is 1. The number of hydrogen-bond acceptors (Lipinski definition) is 2. The predicted molar refractivity (Wildman–Crippen MR) is 57.3 cm³/mol. The average Bonchev–Trinajstić information content (AvgIpc) is 2.48. The van der Waals surface area contributed by atoms with Gasteiger partial charge in [-0.05, 0) is 5.56 Å². The van der Waals surface area contributed by atoms with Gasteiger partial charge in [0.1, 0.15) is 5.60 Å². The van der Waals surface area contributed by atoms with Gasteiger partial charge >= 0.3 is 0 Å². The Morgan fingerprint density at radius 1 is 1.40 bits per heavy atom. The summed E-state index contributed by atoms with van der Waals surface area (Å²) in [6.45, 7) is 0.641. The van der Waals surface area contributed by atoms with Crippen molar-refractivity contribution in [2.24, 2.45) is 0 Å². The quantitative estimate of drug-likeness (QED) is 0.776. The normalized spacial score (nSPS) is 26.0. The number of hydrogen-bond donors (Lipinski definition) is 1. The molecule has 15 heavy (non-hydrogen) atoms. The molecule has 1 unspecified atom stereocenters. The molecular weight excluding hydrogens is 190 g/mol. The Morgan fingerprint density at radius 3 is 2.60 bits per heavy atom. The van der Waals surface area contributed by atoms with Gasteiger partial charge in [-0.25, -0.2) is 0 Å². The van der Waals surface area contributed by atoms with Crippen LogP contribution in [0.2, 0.25) is 0 Å². The van der Waals surface area contributed by atoms with E-state index < -0.39 is 5.60 Å². The standard InChI is InChI=1S/C12H15NO2/c1-13-8-7-12(15,11(13)14)9-10-5-3-2-4-6-10/h2-6,15H,7-9H2,1H3. The van der Waals surface area contributed by atoms with E-state index >= 15 is 0 Å². The molecule has 0 aromatic heterocycles. The van der Waals surface area contributed by atoms with Gasteiger partial charge in [0.2, 0.25) is 0 Å². The van der Waals surface area contributed by atoms with Crippen molar-refractivity contribution in [1.29, 1.82) is 0 Å². The van der Waals surface area contributed by atoms with E-state index in [-0.39, 0.29) is 5.91 Å². The number of rotatable bonds is 2. The summed E-state index contributed by atoms with van der Waals surface area (Å²) < 4.78 is 0. The van der Waals surface area contributed by atoms with Crippen molar-refractivity contribution in [3.8, 4) is 0 Å². The van der Waals surface area contributed by atoms with E-state index in [9.17, 15) is 9.90 Å². The summed E-state index contributed by atoms with van der Waals surface area (Å²) in [6, 6.07) is 9.63. The molecule has 1 aromatic rings. The molecule has 1 aliphatic heterocycles. The highest BCUT2D eigenvalue weighted by atomic mass is 16.3. The first kappa shape index (κ1) is 10.2. The molecule has 1 N–H and O–H groups in total. The average molecular weight is 205 g/mol. The SMILES string of the molecule is CN1CCC(O)(Cc2ccccc2)C1=O. The molecule has 1 heterocycles. The van der Waals surface area contributed by atoms with Gasteiger partial charge in [-0.15, -0.1) is 0 Å². The van der Waals surface area contributed by atoms with Crippen LogP contribution in [0.3, 0.4) is 0 Å². The molecule has 1 atom stereocenters. The molecule has 3 heteroatoms. The Balaban J connectivity index is 2.15. The van der Waals surface area contributed by atoms with E-state index in [4.69, 9.17) is 0 Å². The lowest BCUT2D eigenvalue weighted by Gasteiger charge is -2.20. The van der Waals surface area contributed by atoms with Crippen LogP contribution in [0, 0.1) is 0 Å². The number of amides is 1. The van der Waals surface area contributed by atoms with Gasteiger partial charge in [-0.2, -0.15) is 0 Å². The molecule has 1 amide bonds. The van der Waals surface area contributed by atoms with Crippen LogP contribution in [0.5, 0.6) is 0 Å². The van der Waals surface area contributed by atoms with E-state index in [2.05, 4.69) is 0 Å². The van der Waals surface area contributed by atoms with Crippen LogP contribution in [0.4, 0.5) is 0 Å². The Labute approximate surface area is 89.3 Å². The molecule has 1 aliphatic rings. The van der Waals surface area contributed by atoms with Crippen LogP contribution in [-0.4, -0.2) is 35.1 Å². The zero-order chi connectivity index (χ0) is 10.9. The monoisotopic (exact) mass is 205 g/mol. The zero-order valence-electron chi connectivity index (χ0n) is 8.81. The smallest absolute Gasteiger partial charge is 0.254 e. The maximum atomic E-state index is 11.7. The molecule has 80 valence electrons. The fourth-order valence-electron chi connectivity index (χ4n) is 2.01. The van der Waals surface area contributed by atoms with Crippen molar-refractivity contribution in [2.45, 2.75) is 18.4 Å². The second-order valence-electron chi connectivity index (χ2n) is 4.17. The van der Waals surface area contributed by atoms with E-state index in [0.717, 1.165) is 5.56 Å². The Kier molecular flexibility index (Phi) is 2.49. The first-order valence-electron chi connectivity index (χ1n) is 5.14. The molecule has 0 bridgehead atoms. The molecule has 2 rings (SSSR count). The number of carbonyl (C=O) groups excluding carboxylic acids is 1. The third-order valence-electron chi connectivity index (χ3n) is 2.94. The molecule has 3 nitrogen and oxygen atoms in total. The maximum absolute atomic E-state index is 11.7. The van der Waals surface area contributed by atoms with Crippen molar-refractivity contribution in [2.75, 3.05) is 13.6 Å². The lowest BCUT2D eigenvalue weighted by Crippen LogP contribution is -2.40. The molecule has 1 fully saturated rings. The molecular formula is C12H15NO2. The van der Waals surface area contributed by atoms with E-state index in [1.807, 2.05) is 30.3 Å². The van der Waals surface area contributed by atoms with Crippen LogP contribution in [0.25, 0.3) is 0 Å². The summed E-state index contributed by atoms with van der Waals surface area (Å²) in [5.74, 6) is -0.161. The number of likely N-dealkylation sites (N-methyl/N-ethyl adjacent to an activating group) is 1. The van der Waals surface area contributed by atoms with Gasteiger partial charge in [-0.1, -0.05) is 30.3 Å². The third-order valence-corrected chi connectivity index (χ3v) is 2.94. The zero-order valence-corrected chi connectivity index (χ0v) is 8.81. The first-order valence-corrected chi connectivity index (χ1v) is 5.14. The molecule has 1 saturated heterocycles. The molecule has 0 saturated carbocycles. The van der Waals surface area contributed by atoms with Gasteiger partial charge in [0.25, 0.3) is 5.91 Å². The minimum absolute atomic E-state index is 0.161. The summed E-state index contributed by atoms with van der Waals surface area (Å²) in [5, 5.41) is 10.2. The Bertz CT molecular complexity index is 363.